The summed E-state index contributed by atoms with van der Waals surface area (Å²) in [6, 6.07) is -0.0321. The van der Waals surface area contributed by atoms with Crippen LogP contribution >= 0.6 is 0 Å². The van der Waals surface area contributed by atoms with E-state index in [1.165, 1.54) is 0 Å². The average Bonchev–Trinajstić information content (AvgIpc) is 2.86. The summed E-state index contributed by atoms with van der Waals surface area (Å²) >= 11 is 0. The zero-order chi connectivity index (χ0) is 15.3. The maximum atomic E-state index is 5.97. The molecule has 0 spiro atoms. The van der Waals surface area contributed by atoms with E-state index in [1.54, 1.807) is 0 Å². The third kappa shape index (κ3) is 2.06. The SMILES string of the molecule is C=C1C(N)=NC(c2c(C)nn3c2OCC(N)C3)=C1C(C)C. The number of nitrogens with zero attached hydrogens (tertiary/aromatic N) is 3. The summed E-state index contributed by atoms with van der Waals surface area (Å²) < 4.78 is 7.62. The summed E-state index contributed by atoms with van der Waals surface area (Å²) in [6.45, 7) is 11.4. The number of nitrogens with two attached hydrogens (primary N) is 2. The summed E-state index contributed by atoms with van der Waals surface area (Å²) in [7, 11) is 0. The molecule has 21 heavy (non-hydrogen) atoms. The van der Waals surface area contributed by atoms with Crippen LogP contribution in [0.25, 0.3) is 5.70 Å². The van der Waals surface area contributed by atoms with Gasteiger partial charge in [0.15, 0.2) is 0 Å². The highest BCUT2D eigenvalue weighted by atomic mass is 16.5. The van der Waals surface area contributed by atoms with Crippen molar-refractivity contribution in [3.05, 3.63) is 29.0 Å². The number of hydrogen-bond acceptors (Lipinski definition) is 5. The Bertz CT molecular complexity index is 680. The van der Waals surface area contributed by atoms with E-state index in [0.717, 1.165) is 34.0 Å². The van der Waals surface area contributed by atoms with E-state index in [1.807, 2.05) is 11.6 Å². The van der Waals surface area contributed by atoms with Crippen LogP contribution in [0, 0.1) is 12.8 Å². The van der Waals surface area contributed by atoms with Crippen molar-refractivity contribution in [1.82, 2.24) is 9.78 Å². The molecule has 3 heterocycles. The third-order valence-electron chi connectivity index (χ3n) is 3.86. The first-order chi connectivity index (χ1) is 9.90. The highest BCUT2D eigenvalue weighted by Gasteiger charge is 2.31. The number of rotatable bonds is 2. The minimum Gasteiger partial charge on any atom is -0.476 e. The van der Waals surface area contributed by atoms with Gasteiger partial charge >= 0.3 is 0 Å². The Kier molecular flexibility index (Phi) is 3.13. The summed E-state index contributed by atoms with van der Waals surface area (Å²) in [4.78, 5) is 4.51. The molecule has 112 valence electrons. The molecule has 0 amide bonds. The maximum Gasteiger partial charge on any atom is 0.221 e. The third-order valence-corrected chi connectivity index (χ3v) is 3.86. The highest BCUT2D eigenvalue weighted by molar-refractivity contribution is 6.10. The van der Waals surface area contributed by atoms with Gasteiger partial charge in [-0.3, -0.25) is 0 Å². The first-order valence-corrected chi connectivity index (χ1v) is 7.14. The standard InChI is InChI=1S/C15H21N5O/c1-7(2)11-8(3)14(17)18-13(11)12-9(4)19-20-5-10(16)6-21-15(12)20/h7,10H,3,5-6,16H2,1-2,4H3,(H2,17,18). The first-order valence-electron chi connectivity index (χ1n) is 7.14. The van der Waals surface area contributed by atoms with Gasteiger partial charge < -0.3 is 16.2 Å². The van der Waals surface area contributed by atoms with Crippen LogP contribution in [0.4, 0.5) is 0 Å². The van der Waals surface area contributed by atoms with Crippen molar-refractivity contribution < 1.29 is 4.74 Å². The fraction of sp³-hybridized carbons (Fsp3) is 0.467. The van der Waals surface area contributed by atoms with Crippen LogP contribution in [-0.4, -0.2) is 28.3 Å². The zero-order valence-corrected chi connectivity index (χ0v) is 12.7. The van der Waals surface area contributed by atoms with Crippen LogP contribution in [0.1, 0.15) is 25.1 Å². The Hall–Kier alpha value is -2.08. The molecule has 3 rings (SSSR count). The quantitative estimate of drug-likeness (QED) is 0.855. The fourth-order valence-corrected chi connectivity index (χ4v) is 2.91. The zero-order valence-electron chi connectivity index (χ0n) is 12.7. The Morgan fingerprint density at radius 2 is 2.14 bits per heavy atom. The van der Waals surface area contributed by atoms with E-state index in [4.69, 9.17) is 16.2 Å². The molecule has 6 heteroatoms. The number of fused-ring (bicyclic) bond motifs is 1. The highest BCUT2D eigenvalue weighted by Crippen LogP contribution is 2.41. The van der Waals surface area contributed by atoms with E-state index in [-0.39, 0.29) is 12.0 Å². The van der Waals surface area contributed by atoms with Crippen molar-refractivity contribution in [2.45, 2.75) is 33.4 Å². The molecule has 1 aromatic heterocycles. The van der Waals surface area contributed by atoms with Crippen molar-refractivity contribution in [2.75, 3.05) is 6.61 Å². The van der Waals surface area contributed by atoms with Gasteiger partial charge in [-0.05, 0) is 18.4 Å². The minimum absolute atomic E-state index is 0.0321. The van der Waals surface area contributed by atoms with E-state index in [2.05, 4.69) is 30.5 Å². The molecule has 1 aromatic rings. The van der Waals surface area contributed by atoms with Crippen LogP contribution in [-0.2, 0) is 6.54 Å². The van der Waals surface area contributed by atoms with E-state index < -0.39 is 0 Å². The van der Waals surface area contributed by atoms with Gasteiger partial charge in [-0.2, -0.15) is 5.10 Å². The van der Waals surface area contributed by atoms with Gasteiger partial charge in [0.1, 0.15) is 12.4 Å². The second kappa shape index (κ2) is 4.73. The van der Waals surface area contributed by atoms with Gasteiger partial charge in [-0.25, -0.2) is 9.67 Å². The van der Waals surface area contributed by atoms with Gasteiger partial charge in [0.05, 0.1) is 29.5 Å². The second-order valence-corrected chi connectivity index (χ2v) is 5.91. The first kappa shape index (κ1) is 13.9. The van der Waals surface area contributed by atoms with E-state index in [0.29, 0.717) is 19.0 Å². The molecule has 0 aromatic carbocycles. The molecular weight excluding hydrogens is 266 g/mol. The van der Waals surface area contributed by atoms with Gasteiger partial charge in [0.25, 0.3) is 0 Å². The number of aryl methyl sites for hydroxylation is 1. The minimum atomic E-state index is -0.0321. The normalized spacial score (nSPS) is 21.7. The largest absolute Gasteiger partial charge is 0.476 e. The molecule has 4 N–H and O–H groups in total. The molecule has 0 fully saturated rings. The predicted octanol–water partition coefficient (Wildman–Crippen LogP) is 1.21. The van der Waals surface area contributed by atoms with Crippen molar-refractivity contribution in [2.24, 2.45) is 22.4 Å². The lowest BCUT2D eigenvalue weighted by Crippen LogP contribution is -2.37. The number of hydrogen-bond donors (Lipinski definition) is 2. The molecule has 1 atom stereocenters. The molecule has 0 saturated carbocycles. The lowest BCUT2D eigenvalue weighted by atomic mass is 9.93. The van der Waals surface area contributed by atoms with Crippen LogP contribution in [0.3, 0.4) is 0 Å². The molecule has 0 bridgehead atoms. The Labute approximate surface area is 124 Å². The molecule has 0 radical (unpaired) electrons. The smallest absolute Gasteiger partial charge is 0.221 e. The van der Waals surface area contributed by atoms with Crippen molar-refractivity contribution in [1.29, 1.82) is 0 Å². The van der Waals surface area contributed by atoms with Crippen LogP contribution in [0.2, 0.25) is 0 Å². The molecule has 1 unspecified atom stereocenters. The van der Waals surface area contributed by atoms with Crippen LogP contribution < -0.4 is 16.2 Å². The van der Waals surface area contributed by atoms with Gasteiger partial charge in [0, 0.05) is 5.57 Å². The van der Waals surface area contributed by atoms with E-state index >= 15 is 0 Å². The number of aromatic nitrogens is 2. The van der Waals surface area contributed by atoms with Crippen molar-refractivity contribution in [3.8, 4) is 5.88 Å². The lowest BCUT2D eigenvalue weighted by molar-refractivity contribution is 0.205. The molecule has 2 aliphatic rings. The topological polar surface area (TPSA) is 91.4 Å². The monoisotopic (exact) mass is 287 g/mol. The molecule has 0 saturated heterocycles. The van der Waals surface area contributed by atoms with E-state index in [9.17, 15) is 0 Å². The van der Waals surface area contributed by atoms with Crippen LogP contribution in [0.5, 0.6) is 5.88 Å². The fourth-order valence-electron chi connectivity index (χ4n) is 2.91. The summed E-state index contributed by atoms with van der Waals surface area (Å²) in [5, 5.41) is 4.53. The van der Waals surface area contributed by atoms with Gasteiger partial charge in [0.2, 0.25) is 5.88 Å². The lowest BCUT2D eigenvalue weighted by Gasteiger charge is -2.21. The summed E-state index contributed by atoms with van der Waals surface area (Å²) in [5.41, 5.74) is 16.4. The van der Waals surface area contributed by atoms with Gasteiger partial charge in [-0.15, -0.1) is 0 Å². The molecule has 0 aliphatic carbocycles. The Morgan fingerprint density at radius 3 is 2.81 bits per heavy atom. The predicted molar refractivity (Wildman–Crippen MR) is 83.0 cm³/mol. The maximum absolute atomic E-state index is 5.97. The van der Waals surface area contributed by atoms with Crippen molar-refractivity contribution >= 4 is 11.5 Å². The number of aliphatic imine (C=N–C) groups is 1. The average molecular weight is 287 g/mol. The second-order valence-electron chi connectivity index (χ2n) is 5.91. The summed E-state index contributed by atoms with van der Waals surface area (Å²) in [5.74, 6) is 1.48. The molecular formula is C15H21N5O. The molecule has 2 aliphatic heterocycles. The number of ether oxygens (including phenoxy) is 1. The number of amidine groups is 1. The van der Waals surface area contributed by atoms with Crippen molar-refractivity contribution in [3.63, 3.8) is 0 Å². The Morgan fingerprint density at radius 1 is 1.43 bits per heavy atom. The Balaban J connectivity index is 2.19. The van der Waals surface area contributed by atoms with Gasteiger partial charge in [-0.1, -0.05) is 20.4 Å². The van der Waals surface area contributed by atoms with Crippen LogP contribution in [0.15, 0.2) is 22.7 Å². The summed E-state index contributed by atoms with van der Waals surface area (Å²) in [6.07, 6.45) is 0. The molecule has 6 nitrogen and oxygen atoms in total.